The van der Waals surface area contributed by atoms with Crippen LogP contribution in [0.1, 0.15) is 0 Å². The van der Waals surface area contributed by atoms with E-state index < -0.39 is 0 Å². The van der Waals surface area contributed by atoms with Crippen molar-refractivity contribution in [3.63, 3.8) is 0 Å². The van der Waals surface area contributed by atoms with Crippen molar-refractivity contribution < 1.29 is 0 Å². The molecule has 0 unspecified atom stereocenters. The van der Waals surface area contributed by atoms with E-state index in [9.17, 15) is 4.79 Å². The number of fused-ring (bicyclic) bond motifs is 1. The molecule has 42 heavy (non-hydrogen) atoms. The van der Waals surface area contributed by atoms with Crippen LogP contribution in [0.4, 0.5) is 0 Å². The number of aromatic nitrogens is 4. The van der Waals surface area contributed by atoms with Gasteiger partial charge in [0, 0.05) is 36.3 Å². The SMILES string of the molecule is Cn1c(=O)n(C)c2c(-c3ccc(-c4ccc(-c5cc(-c6ccccc6)nc(-c6ccccc6)n5)cc4)cc3)cccc21. The summed E-state index contributed by atoms with van der Waals surface area (Å²) in [6.45, 7) is 0. The first-order valence-electron chi connectivity index (χ1n) is 13.9. The van der Waals surface area contributed by atoms with E-state index in [-0.39, 0.29) is 5.69 Å². The Morgan fingerprint density at radius 3 is 1.57 bits per heavy atom. The smallest absolute Gasteiger partial charge is 0.295 e. The average Bonchev–Trinajstić information content (AvgIpc) is 3.29. The van der Waals surface area contributed by atoms with Crippen LogP contribution in [0.15, 0.2) is 138 Å². The van der Waals surface area contributed by atoms with Crippen LogP contribution in [0.25, 0.3) is 67.2 Å². The molecule has 5 heteroatoms. The van der Waals surface area contributed by atoms with Gasteiger partial charge in [0.15, 0.2) is 5.82 Å². The van der Waals surface area contributed by atoms with E-state index in [0.29, 0.717) is 5.82 Å². The Morgan fingerprint density at radius 2 is 0.976 bits per heavy atom. The molecule has 0 aliphatic heterocycles. The van der Waals surface area contributed by atoms with E-state index in [0.717, 1.165) is 61.4 Å². The summed E-state index contributed by atoms with van der Waals surface area (Å²) < 4.78 is 3.41. The maximum atomic E-state index is 12.5. The zero-order valence-corrected chi connectivity index (χ0v) is 23.4. The summed E-state index contributed by atoms with van der Waals surface area (Å²) >= 11 is 0. The van der Waals surface area contributed by atoms with Gasteiger partial charge in [0.25, 0.3) is 0 Å². The number of aryl methyl sites for hydroxylation is 2. The second-order valence-electron chi connectivity index (χ2n) is 10.4. The van der Waals surface area contributed by atoms with Crippen molar-refractivity contribution in [2.24, 2.45) is 14.1 Å². The number of rotatable bonds is 5. The standard InChI is InChI=1S/C37H28N4O/c1-40-34-15-9-14-31(35(34)41(2)37(40)42)27-20-16-25(17-21-27)26-18-22-29(23-19-26)33-24-32(28-10-5-3-6-11-28)38-36(39-33)30-12-7-4-8-13-30/h3-24H,1-2H3. The van der Waals surface area contributed by atoms with Gasteiger partial charge in [-0.2, -0.15) is 0 Å². The molecule has 0 radical (unpaired) electrons. The van der Waals surface area contributed by atoms with Crippen LogP contribution in [0.5, 0.6) is 0 Å². The second kappa shape index (κ2) is 10.5. The first kappa shape index (κ1) is 25.4. The Bertz CT molecular complexity index is 2030. The molecule has 0 aliphatic carbocycles. The van der Waals surface area contributed by atoms with Gasteiger partial charge >= 0.3 is 5.69 Å². The minimum absolute atomic E-state index is 0.0235. The van der Waals surface area contributed by atoms with Crippen LogP contribution in [0, 0.1) is 0 Å². The van der Waals surface area contributed by atoms with Crippen molar-refractivity contribution in [2.75, 3.05) is 0 Å². The fourth-order valence-electron chi connectivity index (χ4n) is 5.56. The highest BCUT2D eigenvalue weighted by atomic mass is 16.1. The van der Waals surface area contributed by atoms with Crippen LogP contribution in [0.3, 0.4) is 0 Å². The molecule has 0 aliphatic rings. The minimum atomic E-state index is -0.0235. The van der Waals surface area contributed by atoms with Gasteiger partial charge in [-0.05, 0) is 28.8 Å². The summed E-state index contributed by atoms with van der Waals surface area (Å²) in [5.41, 5.74) is 11.1. The molecule has 2 aromatic heterocycles. The number of imidazole rings is 1. The predicted molar refractivity (Wildman–Crippen MR) is 171 cm³/mol. The molecule has 2 heterocycles. The number of nitrogens with zero attached hydrogens (tertiary/aromatic N) is 4. The van der Waals surface area contributed by atoms with Gasteiger partial charge in [-0.15, -0.1) is 0 Å². The third kappa shape index (κ3) is 4.51. The fraction of sp³-hybridized carbons (Fsp3) is 0.0541. The lowest BCUT2D eigenvalue weighted by molar-refractivity contribution is 0.795. The molecule has 0 fully saturated rings. The lowest BCUT2D eigenvalue weighted by Crippen LogP contribution is -2.19. The van der Waals surface area contributed by atoms with E-state index in [2.05, 4.69) is 72.8 Å². The molecule has 5 nitrogen and oxygen atoms in total. The second-order valence-corrected chi connectivity index (χ2v) is 10.4. The van der Waals surface area contributed by atoms with Crippen LogP contribution >= 0.6 is 0 Å². The molecule has 7 rings (SSSR count). The molecule has 0 saturated carbocycles. The third-order valence-corrected chi connectivity index (χ3v) is 7.82. The Morgan fingerprint density at radius 1 is 0.476 bits per heavy atom. The van der Waals surface area contributed by atoms with Crippen molar-refractivity contribution in [1.29, 1.82) is 0 Å². The Hall–Kier alpha value is -5.55. The predicted octanol–water partition coefficient (Wildman–Crippen LogP) is 8.00. The van der Waals surface area contributed by atoms with Crippen molar-refractivity contribution in [3.8, 4) is 56.2 Å². The van der Waals surface area contributed by atoms with Crippen LogP contribution in [-0.4, -0.2) is 19.1 Å². The largest absolute Gasteiger partial charge is 0.328 e. The summed E-state index contributed by atoms with van der Waals surface area (Å²) in [5.74, 6) is 0.706. The number of para-hydroxylation sites is 1. The van der Waals surface area contributed by atoms with Crippen LogP contribution in [0.2, 0.25) is 0 Å². The van der Waals surface area contributed by atoms with E-state index in [1.54, 1.807) is 9.13 Å². The molecule has 0 saturated heterocycles. The van der Waals surface area contributed by atoms with Crippen molar-refractivity contribution in [2.45, 2.75) is 0 Å². The van der Waals surface area contributed by atoms with Gasteiger partial charge in [0.2, 0.25) is 0 Å². The van der Waals surface area contributed by atoms with Gasteiger partial charge in [-0.25, -0.2) is 14.8 Å². The van der Waals surface area contributed by atoms with Crippen LogP contribution in [-0.2, 0) is 14.1 Å². The molecule has 5 aromatic carbocycles. The minimum Gasteiger partial charge on any atom is -0.295 e. The first-order valence-corrected chi connectivity index (χ1v) is 13.9. The zero-order chi connectivity index (χ0) is 28.6. The van der Waals surface area contributed by atoms with Gasteiger partial charge < -0.3 is 0 Å². The summed E-state index contributed by atoms with van der Waals surface area (Å²) in [6.07, 6.45) is 0. The lowest BCUT2D eigenvalue weighted by Gasteiger charge is -2.10. The highest BCUT2D eigenvalue weighted by Crippen LogP contribution is 2.32. The van der Waals surface area contributed by atoms with E-state index in [1.165, 1.54) is 0 Å². The topological polar surface area (TPSA) is 52.7 Å². The molecule has 0 amide bonds. The maximum absolute atomic E-state index is 12.5. The zero-order valence-electron chi connectivity index (χ0n) is 23.4. The van der Waals surface area contributed by atoms with E-state index in [1.807, 2.05) is 74.8 Å². The Labute approximate surface area is 244 Å². The van der Waals surface area contributed by atoms with Crippen LogP contribution < -0.4 is 5.69 Å². The van der Waals surface area contributed by atoms with Crippen molar-refractivity contribution in [3.05, 3.63) is 144 Å². The number of hydrogen-bond acceptors (Lipinski definition) is 3. The first-order chi connectivity index (χ1) is 20.6. The van der Waals surface area contributed by atoms with Gasteiger partial charge in [0.1, 0.15) is 0 Å². The molecule has 7 aromatic rings. The molecule has 0 atom stereocenters. The fourth-order valence-corrected chi connectivity index (χ4v) is 5.56. The van der Waals surface area contributed by atoms with Gasteiger partial charge in [-0.1, -0.05) is 121 Å². The summed E-state index contributed by atoms with van der Waals surface area (Å²) in [5, 5.41) is 0. The highest BCUT2D eigenvalue weighted by molar-refractivity contribution is 5.93. The van der Waals surface area contributed by atoms with Crippen molar-refractivity contribution >= 4 is 11.0 Å². The molecule has 0 spiro atoms. The monoisotopic (exact) mass is 544 g/mol. The number of hydrogen-bond donors (Lipinski definition) is 0. The molecule has 202 valence electrons. The molecular formula is C37H28N4O. The molecular weight excluding hydrogens is 516 g/mol. The number of benzene rings is 5. The quantitative estimate of drug-likeness (QED) is 0.221. The Balaban J connectivity index is 1.23. The summed E-state index contributed by atoms with van der Waals surface area (Å²) in [6, 6.07) is 45.5. The third-order valence-electron chi connectivity index (χ3n) is 7.82. The normalized spacial score (nSPS) is 11.2. The lowest BCUT2D eigenvalue weighted by atomic mass is 9.98. The average molecular weight is 545 g/mol. The van der Waals surface area contributed by atoms with Gasteiger partial charge in [-0.3, -0.25) is 9.13 Å². The molecule has 0 bridgehead atoms. The van der Waals surface area contributed by atoms with E-state index >= 15 is 0 Å². The van der Waals surface area contributed by atoms with Crippen molar-refractivity contribution in [1.82, 2.24) is 19.1 Å². The molecule has 0 N–H and O–H groups in total. The summed E-state index contributed by atoms with van der Waals surface area (Å²) in [4.78, 5) is 22.4. The Kier molecular flexibility index (Phi) is 6.32. The summed E-state index contributed by atoms with van der Waals surface area (Å²) in [7, 11) is 3.64. The van der Waals surface area contributed by atoms with Gasteiger partial charge in [0.05, 0.1) is 22.4 Å². The maximum Gasteiger partial charge on any atom is 0.328 e. The van der Waals surface area contributed by atoms with E-state index in [4.69, 9.17) is 9.97 Å². The highest BCUT2D eigenvalue weighted by Gasteiger charge is 2.14.